The molecule has 0 aliphatic rings. The van der Waals surface area contributed by atoms with Crippen molar-refractivity contribution in [3.8, 4) is 0 Å². The van der Waals surface area contributed by atoms with Gasteiger partial charge in [0.15, 0.2) is 0 Å². The van der Waals surface area contributed by atoms with Crippen LogP contribution in [0.2, 0.25) is 0 Å². The van der Waals surface area contributed by atoms with Crippen LogP contribution >= 0.6 is 22.7 Å². The number of esters is 1. The number of ether oxygens (including phenoxy) is 1. The van der Waals surface area contributed by atoms with E-state index < -0.39 is 0 Å². The molecule has 0 saturated heterocycles. The van der Waals surface area contributed by atoms with Gasteiger partial charge in [-0.25, -0.2) is 0 Å². The number of thiophene rings is 2. The highest BCUT2D eigenvalue weighted by atomic mass is 32.1. The standard InChI is InChI=1S/C16H12O3S2/c1-19-15(17)8-10-6-7-14(21-10)16(18)12-9-20-13-5-3-2-4-11(12)13/h2-7,9H,8H2,1H3. The van der Waals surface area contributed by atoms with Crippen molar-refractivity contribution in [2.75, 3.05) is 7.11 Å². The average molecular weight is 316 g/mol. The molecule has 21 heavy (non-hydrogen) atoms. The minimum atomic E-state index is -0.295. The zero-order valence-electron chi connectivity index (χ0n) is 11.3. The predicted molar refractivity (Wildman–Crippen MR) is 85.3 cm³/mol. The lowest BCUT2D eigenvalue weighted by Crippen LogP contribution is -2.02. The Hall–Kier alpha value is -1.98. The van der Waals surface area contributed by atoms with E-state index in [4.69, 9.17) is 0 Å². The molecule has 0 amide bonds. The summed E-state index contributed by atoms with van der Waals surface area (Å²) in [6, 6.07) is 11.5. The van der Waals surface area contributed by atoms with Gasteiger partial charge in [0, 0.05) is 25.9 Å². The van der Waals surface area contributed by atoms with E-state index in [0.717, 1.165) is 20.5 Å². The van der Waals surface area contributed by atoms with Crippen LogP contribution in [0.25, 0.3) is 10.1 Å². The number of carbonyl (C=O) groups excluding carboxylic acids is 2. The molecule has 0 unspecified atom stereocenters. The van der Waals surface area contributed by atoms with E-state index in [9.17, 15) is 9.59 Å². The molecule has 106 valence electrons. The lowest BCUT2D eigenvalue weighted by molar-refractivity contribution is -0.139. The molecule has 1 aromatic carbocycles. The van der Waals surface area contributed by atoms with Crippen LogP contribution in [0.4, 0.5) is 0 Å². The highest BCUT2D eigenvalue weighted by molar-refractivity contribution is 7.18. The second-order valence-electron chi connectivity index (χ2n) is 4.49. The normalized spacial score (nSPS) is 10.7. The van der Waals surface area contributed by atoms with E-state index in [1.807, 2.05) is 35.7 Å². The lowest BCUT2D eigenvalue weighted by Gasteiger charge is -1.97. The smallest absolute Gasteiger partial charge is 0.310 e. The molecule has 0 spiro atoms. The molecule has 0 saturated carbocycles. The Morgan fingerprint density at radius 1 is 1.14 bits per heavy atom. The maximum absolute atomic E-state index is 12.6. The molecule has 3 rings (SSSR count). The molecular weight excluding hydrogens is 304 g/mol. The molecule has 0 N–H and O–H groups in total. The van der Waals surface area contributed by atoms with Gasteiger partial charge in [0.2, 0.25) is 5.78 Å². The van der Waals surface area contributed by atoms with Crippen LogP contribution in [0.1, 0.15) is 20.1 Å². The fourth-order valence-electron chi connectivity index (χ4n) is 2.10. The van der Waals surface area contributed by atoms with Gasteiger partial charge in [-0.2, -0.15) is 0 Å². The summed E-state index contributed by atoms with van der Waals surface area (Å²) < 4.78 is 5.74. The first kappa shape index (κ1) is 14.0. The zero-order valence-corrected chi connectivity index (χ0v) is 12.9. The van der Waals surface area contributed by atoms with Crippen LogP contribution < -0.4 is 0 Å². The number of carbonyl (C=O) groups is 2. The largest absolute Gasteiger partial charge is 0.469 e. The van der Waals surface area contributed by atoms with E-state index in [-0.39, 0.29) is 18.2 Å². The van der Waals surface area contributed by atoms with E-state index in [1.165, 1.54) is 18.4 Å². The molecule has 2 heterocycles. The molecule has 3 aromatic rings. The van der Waals surface area contributed by atoms with Gasteiger partial charge in [0.25, 0.3) is 0 Å². The Balaban J connectivity index is 1.90. The van der Waals surface area contributed by atoms with Crippen LogP contribution in [0.15, 0.2) is 41.8 Å². The average Bonchev–Trinajstić information content (AvgIpc) is 3.13. The highest BCUT2D eigenvalue weighted by Gasteiger charge is 2.17. The molecule has 0 aliphatic carbocycles. The van der Waals surface area contributed by atoms with Crippen molar-refractivity contribution in [1.82, 2.24) is 0 Å². The quantitative estimate of drug-likeness (QED) is 0.541. The molecule has 0 bridgehead atoms. The summed E-state index contributed by atoms with van der Waals surface area (Å²) in [4.78, 5) is 25.3. The predicted octanol–water partition coefficient (Wildman–Crippen LogP) is 3.91. The second kappa shape index (κ2) is 5.79. The number of fused-ring (bicyclic) bond motifs is 1. The SMILES string of the molecule is COC(=O)Cc1ccc(C(=O)c2csc3ccccc23)s1. The van der Waals surface area contributed by atoms with Gasteiger partial charge in [-0.15, -0.1) is 22.7 Å². The summed E-state index contributed by atoms with van der Waals surface area (Å²) in [5, 5.41) is 2.88. The van der Waals surface area contributed by atoms with Crippen LogP contribution in [-0.4, -0.2) is 18.9 Å². The highest BCUT2D eigenvalue weighted by Crippen LogP contribution is 2.29. The van der Waals surface area contributed by atoms with E-state index in [2.05, 4.69) is 4.74 Å². The summed E-state index contributed by atoms with van der Waals surface area (Å²) in [6.45, 7) is 0. The van der Waals surface area contributed by atoms with E-state index in [0.29, 0.717) is 4.88 Å². The van der Waals surface area contributed by atoms with Crippen LogP contribution in [-0.2, 0) is 16.0 Å². The fourth-order valence-corrected chi connectivity index (χ4v) is 3.98. The van der Waals surface area contributed by atoms with Gasteiger partial charge >= 0.3 is 5.97 Å². The topological polar surface area (TPSA) is 43.4 Å². The van der Waals surface area contributed by atoms with Crippen LogP contribution in [0, 0.1) is 0 Å². The fraction of sp³-hybridized carbons (Fsp3) is 0.125. The van der Waals surface area contributed by atoms with Gasteiger partial charge < -0.3 is 4.74 Å². The van der Waals surface area contributed by atoms with E-state index >= 15 is 0 Å². The van der Waals surface area contributed by atoms with E-state index in [1.54, 1.807) is 17.4 Å². The Bertz CT molecular complexity index is 814. The van der Waals surface area contributed by atoms with Crippen molar-refractivity contribution in [3.63, 3.8) is 0 Å². The summed E-state index contributed by atoms with van der Waals surface area (Å²) in [6.07, 6.45) is 0.207. The van der Waals surface area contributed by atoms with Gasteiger partial charge in [-0.05, 0) is 18.2 Å². The van der Waals surface area contributed by atoms with Crippen molar-refractivity contribution >= 4 is 44.5 Å². The van der Waals surface area contributed by atoms with Gasteiger partial charge in [0.05, 0.1) is 18.4 Å². The van der Waals surface area contributed by atoms with Gasteiger partial charge in [-0.3, -0.25) is 9.59 Å². The van der Waals surface area contributed by atoms with Crippen molar-refractivity contribution in [1.29, 1.82) is 0 Å². The summed E-state index contributed by atoms with van der Waals surface area (Å²) in [7, 11) is 1.36. The Morgan fingerprint density at radius 3 is 2.76 bits per heavy atom. The monoisotopic (exact) mass is 316 g/mol. The first-order chi connectivity index (χ1) is 10.2. The molecule has 0 aliphatic heterocycles. The number of rotatable bonds is 4. The summed E-state index contributed by atoms with van der Waals surface area (Å²) in [5.41, 5.74) is 0.724. The molecule has 3 nitrogen and oxygen atoms in total. The molecular formula is C16H12O3S2. The Kier molecular flexibility index (Phi) is 3.86. The third kappa shape index (κ3) is 2.75. The maximum atomic E-state index is 12.6. The van der Waals surface area contributed by atoms with Crippen LogP contribution in [0.3, 0.4) is 0 Å². The molecule has 5 heteroatoms. The third-order valence-electron chi connectivity index (χ3n) is 3.16. The molecule has 0 radical (unpaired) electrons. The number of hydrogen-bond acceptors (Lipinski definition) is 5. The second-order valence-corrected chi connectivity index (χ2v) is 6.57. The Morgan fingerprint density at radius 2 is 1.95 bits per heavy atom. The molecule has 0 fully saturated rings. The summed E-state index contributed by atoms with van der Waals surface area (Å²) in [5.74, 6) is -0.287. The number of hydrogen-bond donors (Lipinski definition) is 0. The molecule has 0 atom stereocenters. The summed E-state index contributed by atoms with van der Waals surface area (Å²) >= 11 is 2.91. The lowest BCUT2D eigenvalue weighted by atomic mass is 10.1. The number of methoxy groups -OCH3 is 1. The first-order valence-electron chi connectivity index (χ1n) is 6.35. The van der Waals surface area contributed by atoms with Crippen molar-refractivity contribution in [2.24, 2.45) is 0 Å². The number of ketones is 1. The first-order valence-corrected chi connectivity index (χ1v) is 8.05. The zero-order chi connectivity index (χ0) is 14.8. The van der Waals surface area contributed by atoms with Gasteiger partial charge in [0.1, 0.15) is 0 Å². The number of benzene rings is 1. The minimum absolute atomic E-state index is 0.00793. The molecule has 2 aromatic heterocycles. The minimum Gasteiger partial charge on any atom is -0.469 e. The van der Waals surface area contributed by atoms with Gasteiger partial charge in [-0.1, -0.05) is 18.2 Å². The maximum Gasteiger partial charge on any atom is 0.310 e. The van der Waals surface area contributed by atoms with Crippen molar-refractivity contribution in [2.45, 2.75) is 6.42 Å². The van der Waals surface area contributed by atoms with Crippen LogP contribution in [0.5, 0.6) is 0 Å². The third-order valence-corrected chi connectivity index (χ3v) is 5.20. The van der Waals surface area contributed by atoms with Crippen molar-refractivity contribution in [3.05, 3.63) is 57.1 Å². The Labute approximate surface area is 129 Å². The van der Waals surface area contributed by atoms with Crippen molar-refractivity contribution < 1.29 is 14.3 Å².